The molecule has 0 unspecified atom stereocenters. The van der Waals surface area contributed by atoms with Gasteiger partial charge in [-0.3, -0.25) is 14.9 Å². The van der Waals surface area contributed by atoms with Gasteiger partial charge in [-0.2, -0.15) is 0 Å². The first-order valence-corrected chi connectivity index (χ1v) is 5.35. The van der Waals surface area contributed by atoms with E-state index in [4.69, 9.17) is 5.11 Å². The highest BCUT2D eigenvalue weighted by Crippen LogP contribution is 2.29. The number of aromatic nitrogens is 1. The predicted octanol–water partition coefficient (Wildman–Crippen LogP) is 1.45. The van der Waals surface area contributed by atoms with Crippen LogP contribution in [0, 0.1) is 17.0 Å². The fourth-order valence-electron chi connectivity index (χ4n) is 2.08. The number of hydrogen-bond acceptors (Lipinski definition) is 4. The molecule has 1 N–H and O–H groups in total. The van der Waals surface area contributed by atoms with Gasteiger partial charge in [-0.05, 0) is 12.5 Å². The summed E-state index contributed by atoms with van der Waals surface area (Å²) in [6.07, 6.45) is 0. The second-order valence-electron chi connectivity index (χ2n) is 4.14. The Morgan fingerprint density at radius 1 is 1.42 bits per heavy atom. The van der Waals surface area contributed by atoms with Gasteiger partial charge in [-0.1, -0.05) is 6.07 Å². The first-order valence-electron chi connectivity index (χ1n) is 5.35. The number of carboxylic acids is 1. The van der Waals surface area contributed by atoms with Crippen molar-refractivity contribution in [2.45, 2.75) is 6.92 Å². The summed E-state index contributed by atoms with van der Waals surface area (Å²) in [6, 6.07) is 3.71. The van der Waals surface area contributed by atoms with E-state index in [-0.39, 0.29) is 22.2 Å². The van der Waals surface area contributed by atoms with Crippen molar-refractivity contribution in [1.82, 2.24) is 4.57 Å². The molecule has 0 amide bonds. The van der Waals surface area contributed by atoms with Crippen molar-refractivity contribution in [1.29, 1.82) is 0 Å². The number of aromatic carboxylic acids is 1. The van der Waals surface area contributed by atoms with E-state index in [2.05, 4.69) is 0 Å². The second-order valence-corrected chi connectivity index (χ2v) is 4.14. The van der Waals surface area contributed by atoms with E-state index in [9.17, 15) is 19.7 Å². The lowest BCUT2D eigenvalue weighted by Gasteiger charge is -2.10. The molecule has 0 radical (unpaired) electrons. The molecule has 1 aromatic heterocycles. The molecular formula is C12H10N2O5. The van der Waals surface area contributed by atoms with Gasteiger partial charge in [-0.25, -0.2) is 4.79 Å². The van der Waals surface area contributed by atoms with Crippen molar-refractivity contribution in [3.63, 3.8) is 0 Å². The molecule has 2 rings (SSSR count). The van der Waals surface area contributed by atoms with Crippen molar-refractivity contribution in [3.05, 3.63) is 49.8 Å². The van der Waals surface area contributed by atoms with Gasteiger partial charge in [0.25, 0.3) is 11.2 Å². The summed E-state index contributed by atoms with van der Waals surface area (Å²) in [6.45, 7) is 1.64. The maximum atomic E-state index is 11.7. The van der Waals surface area contributed by atoms with Gasteiger partial charge in [0.05, 0.1) is 10.5 Å². The first kappa shape index (κ1) is 12.7. The molecule has 0 aliphatic heterocycles. The van der Waals surface area contributed by atoms with Crippen molar-refractivity contribution in [2.75, 3.05) is 0 Å². The number of fused-ring (bicyclic) bond motifs is 1. The molecule has 7 nitrogen and oxygen atoms in total. The maximum absolute atomic E-state index is 11.7. The Morgan fingerprint density at radius 3 is 2.58 bits per heavy atom. The normalized spacial score (nSPS) is 10.6. The molecule has 1 aromatic carbocycles. The van der Waals surface area contributed by atoms with Crippen LogP contribution in [0.2, 0.25) is 0 Å². The van der Waals surface area contributed by atoms with Crippen LogP contribution in [-0.4, -0.2) is 20.6 Å². The summed E-state index contributed by atoms with van der Waals surface area (Å²) < 4.78 is 1.09. The molecule has 19 heavy (non-hydrogen) atoms. The Bertz CT molecular complexity index is 776. The van der Waals surface area contributed by atoms with Crippen LogP contribution in [0.1, 0.15) is 15.9 Å². The van der Waals surface area contributed by atoms with Crippen LogP contribution in [0.3, 0.4) is 0 Å². The quantitative estimate of drug-likeness (QED) is 0.651. The van der Waals surface area contributed by atoms with Crippen LogP contribution in [0.5, 0.6) is 0 Å². The van der Waals surface area contributed by atoms with E-state index in [1.807, 2.05) is 0 Å². The molecule has 2 aromatic rings. The summed E-state index contributed by atoms with van der Waals surface area (Å²) >= 11 is 0. The Morgan fingerprint density at radius 2 is 2.05 bits per heavy atom. The number of non-ortho nitro benzene ring substituents is 1. The van der Waals surface area contributed by atoms with Gasteiger partial charge in [0.1, 0.15) is 5.52 Å². The number of nitro benzene ring substituents is 1. The van der Waals surface area contributed by atoms with Crippen molar-refractivity contribution in [2.24, 2.45) is 7.05 Å². The Balaban J connectivity index is 3.16. The smallest absolute Gasteiger partial charge is 0.336 e. The van der Waals surface area contributed by atoms with Crippen LogP contribution >= 0.6 is 0 Å². The minimum atomic E-state index is -1.29. The van der Waals surface area contributed by atoms with Crippen LogP contribution in [0.25, 0.3) is 10.9 Å². The van der Waals surface area contributed by atoms with E-state index in [0.29, 0.717) is 5.56 Å². The average molecular weight is 262 g/mol. The Hall–Kier alpha value is -2.70. The number of pyridine rings is 1. The summed E-state index contributed by atoms with van der Waals surface area (Å²) in [4.78, 5) is 33.3. The molecular weight excluding hydrogens is 252 g/mol. The minimum absolute atomic E-state index is 0.0231. The van der Waals surface area contributed by atoms with Gasteiger partial charge >= 0.3 is 5.97 Å². The van der Waals surface area contributed by atoms with Crippen LogP contribution in [0.4, 0.5) is 5.69 Å². The molecule has 0 fully saturated rings. The first-order chi connectivity index (χ1) is 8.84. The zero-order valence-corrected chi connectivity index (χ0v) is 10.2. The van der Waals surface area contributed by atoms with Crippen LogP contribution in [0.15, 0.2) is 23.0 Å². The SMILES string of the molecule is Cc1ccc([N+](=O)[O-])c2c1c(C(=O)O)cc(=O)n2C. The third-order valence-corrected chi connectivity index (χ3v) is 3.00. The Kier molecular flexibility index (Phi) is 2.82. The lowest BCUT2D eigenvalue weighted by Crippen LogP contribution is -2.20. The molecule has 98 valence electrons. The summed E-state index contributed by atoms with van der Waals surface area (Å²) in [5, 5.41) is 20.4. The molecule has 1 heterocycles. The summed E-state index contributed by atoms with van der Waals surface area (Å²) in [5.74, 6) is -1.29. The Labute approximate surface area is 106 Å². The highest BCUT2D eigenvalue weighted by Gasteiger charge is 2.21. The number of carboxylic acid groups (broad SMARTS) is 1. The third-order valence-electron chi connectivity index (χ3n) is 3.00. The van der Waals surface area contributed by atoms with Gasteiger partial charge in [0, 0.05) is 24.6 Å². The van der Waals surface area contributed by atoms with E-state index in [1.54, 1.807) is 6.92 Å². The number of rotatable bonds is 2. The lowest BCUT2D eigenvalue weighted by atomic mass is 10.0. The van der Waals surface area contributed by atoms with Gasteiger partial charge < -0.3 is 9.67 Å². The van der Waals surface area contributed by atoms with Gasteiger partial charge in [0.2, 0.25) is 0 Å². The maximum Gasteiger partial charge on any atom is 0.336 e. The fraction of sp³-hybridized carbons (Fsp3) is 0.167. The molecule has 0 bridgehead atoms. The number of nitro groups is 1. The molecule has 0 saturated heterocycles. The standard InChI is InChI=1S/C12H10N2O5/c1-6-3-4-8(14(18)19)11-10(6)7(12(16)17)5-9(15)13(11)2/h3-5H,1-2H3,(H,16,17). The number of nitrogens with zero attached hydrogens (tertiary/aromatic N) is 2. The summed E-state index contributed by atoms with van der Waals surface area (Å²) in [5.41, 5.74) is -0.523. The predicted molar refractivity (Wildman–Crippen MR) is 67.5 cm³/mol. The summed E-state index contributed by atoms with van der Waals surface area (Å²) in [7, 11) is 1.38. The highest BCUT2D eigenvalue weighted by molar-refractivity contribution is 6.06. The van der Waals surface area contributed by atoms with Crippen LogP contribution in [-0.2, 0) is 7.05 Å². The minimum Gasteiger partial charge on any atom is -0.478 e. The molecule has 0 spiro atoms. The highest BCUT2D eigenvalue weighted by atomic mass is 16.6. The molecule has 0 saturated carbocycles. The largest absolute Gasteiger partial charge is 0.478 e. The molecule has 7 heteroatoms. The monoisotopic (exact) mass is 262 g/mol. The van der Waals surface area contributed by atoms with Gasteiger partial charge in [0.15, 0.2) is 0 Å². The number of benzene rings is 1. The topological polar surface area (TPSA) is 102 Å². The molecule has 0 aliphatic rings. The van der Waals surface area contributed by atoms with E-state index in [0.717, 1.165) is 10.6 Å². The van der Waals surface area contributed by atoms with Crippen molar-refractivity contribution >= 4 is 22.6 Å². The van der Waals surface area contributed by atoms with Crippen molar-refractivity contribution in [3.8, 4) is 0 Å². The zero-order chi connectivity index (χ0) is 14.3. The second kappa shape index (κ2) is 4.20. The third kappa shape index (κ3) is 1.85. The average Bonchev–Trinajstić information content (AvgIpc) is 2.33. The van der Waals surface area contributed by atoms with E-state index < -0.39 is 16.5 Å². The van der Waals surface area contributed by atoms with E-state index >= 15 is 0 Å². The van der Waals surface area contributed by atoms with E-state index in [1.165, 1.54) is 19.2 Å². The van der Waals surface area contributed by atoms with Gasteiger partial charge in [-0.15, -0.1) is 0 Å². The number of carbonyl (C=O) groups is 1. The molecule has 0 atom stereocenters. The molecule has 0 aliphatic carbocycles. The zero-order valence-electron chi connectivity index (χ0n) is 10.2. The number of aryl methyl sites for hydroxylation is 2. The van der Waals surface area contributed by atoms with Crippen molar-refractivity contribution < 1.29 is 14.8 Å². The number of hydrogen-bond donors (Lipinski definition) is 1. The fourth-order valence-corrected chi connectivity index (χ4v) is 2.08. The lowest BCUT2D eigenvalue weighted by molar-refractivity contribution is -0.383. The van der Waals surface area contributed by atoms with Crippen LogP contribution < -0.4 is 5.56 Å².